The number of nitrogens with zero attached hydrogens (tertiary/aromatic N) is 2. The van der Waals surface area contributed by atoms with Crippen LogP contribution in [0.3, 0.4) is 0 Å². The number of carboxylic acid groups (broad SMARTS) is 1. The van der Waals surface area contributed by atoms with Gasteiger partial charge in [0.05, 0.1) is 5.69 Å². The van der Waals surface area contributed by atoms with E-state index in [1.54, 1.807) is 24.1 Å². The van der Waals surface area contributed by atoms with Crippen molar-refractivity contribution in [1.29, 1.82) is 0 Å². The number of carboxylic acids is 1. The first-order valence-electron chi connectivity index (χ1n) is 5.54. The van der Waals surface area contributed by atoms with Crippen molar-refractivity contribution in [1.82, 2.24) is 4.98 Å². The monoisotopic (exact) mass is 234 g/mol. The zero-order valence-corrected chi connectivity index (χ0v) is 9.64. The maximum atomic E-state index is 11.6. The van der Waals surface area contributed by atoms with Crippen LogP contribution in [0.2, 0.25) is 0 Å². The summed E-state index contributed by atoms with van der Waals surface area (Å²) < 4.78 is 0. The number of likely N-dealkylation sites (N-methyl/N-ethyl adjacent to an activating group) is 1. The Bertz CT molecular complexity index is 471. The predicted molar refractivity (Wildman–Crippen MR) is 62.4 cm³/mol. The molecule has 1 aromatic heterocycles. The number of anilines is 1. The number of carbonyl (C=O) groups excluding carboxylic acids is 1. The van der Waals surface area contributed by atoms with Crippen molar-refractivity contribution in [2.75, 3.05) is 18.5 Å². The van der Waals surface area contributed by atoms with E-state index in [9.17, 15) is 9.59 Å². The van der Waals surface area contributed by atoms with E-state index in [4.69, 9.17) is 5.11 Å². The number of aromatic nitrogens is 1. The summed E-state index contributed by atoms with van der Waals surface area (Å²) in [6, 6.07) is 3.45. The first kappa shape index (κ1) is 11.6. The van der Waals surface area contributed by atoms with Gasteiger partial charge in [0.25, 0.3) is 0 Å². The minimum Gasteiger partial charge on any atom is -0.480 e. The Morgan fingerprint density at radius 3 is 2.94 bits per heavy atom. The van der Waals surface area contributed by atoms with Crippen molar-refractivity contribution >= 4 is 17.6 Å². The first-order valence-corrected chi connectivity index (χ1v) is 5.54. The number of ketones is 1. The molecule has 0 fully saturated rings. The van der Waals surface area contributed by atoms with Gasteiger partial charge in [-0.25, -0.2) is 4.98 Å². The van der Waals surface area contributed by atoms with Crippen LogP contribution in [0.4, 0.5) is 5.82 Å². The molecular formula is C12H14N2O3. The van der Waals surface area contributed by atoms with Crippen LogP contribution >= 0.6 is 0 Å². The maximum absolute atomic E-state index is 11.6. The number of aliphatic carboxylic acids is 1. The van der Waals surface area contributed by atoms with Crippen molar-refractivity contribution < 1.29 is 14.7 Å². The molecule has 1 heterocycles. The second kappa shape index (κ2) is 4.53. The van der Waals surface area contributed by atoms with Gasteiger partial charge in [-0.05, 0) is 25.0 Å². The Morgan fingerprint density at radius 1 is 1.47 bits per heavy atom. The Balaban J connectivity index is 2.27. The van der Waals surface area contributed by atoms with Crippen molar-refractivity contribution in [2.45, 2.75) is 19.3 Å². The molecule has 0 unspecified atom stereocenters. The van der Waals surface area contributed by atoms with Gasteiger partial charge in [0.1, 0.15) is 12.4 Å². The van der Waals surface area contributed by atoms with Crippen molar-refractivity contribution in [3.8, 4) is 0 Å². The number of carbonyl (C=O) groups is 2. The van der Waals surface area contributed by atoms with Crippen LogP contribution in [-0.4, -0.2) is 35.4 Å². The highest BCUT2D eigenvalue weighted by Gasteiger charge is 2.19. The molecule has 90 valence electrons. The number of pyridine rings is 1. The van der Waals surface area contributed by atoms with E-state index < -0.39 is 5.97 Å². The highest BCUT2D eigenvalue weighted by Crippen LogP contribution is 2.22. The van der Waals surface area contributed by atoms with E-state index in [1.165, 1.54) is 0 Å². The number of rotatable bonds is 3. The molecule has 0 atom stereocenters. The third-order valence-electron chi connectivity index (χ3n) is 2.84. The molecule has 2 rings (SSSR count). The molecule has 1 N–H and O–H groups in total. The van der Waals surface area contributed by atoms with Gasteiger partial charge in [0.15, 0.2) is 5.78 Å². The van der Waals surface area contributed by atoms with Crippen LogP contribution < -0.4 is 4.90 Å². The quantitative estimate of drug-likeness (QED) is 0.848. The van der Waals surface area contributed by atoms with Gasteiger partial charge in [-0.1, -0.05) is 0 Å². The molecule has 0 bridgehead atoms. The van der Waals surface area contributed by atoms with Gasteiger partial charge < -0.3 is 10.0 Å². The second-order valence-electron chi connectivity index (χ2n) is 4.19. The molecule has 0 saturated carbocycles. The number of hydrogen-bond acceptors (Lipinski definition) is 4. The molecule has 0 radical (unpaired) electrons. The van der Waals surface area contributed by atoms with E-state index in [0.717, 1.165) is 18.5 Å². The molecule has 0 amide bonds. The first-order chi connectivity index (χ1) is 8.08. The van der Waals surface area contributed by atoms with Crippen LogP contribution in [0.1, 0.15) is 28.9 Å². The standard InChI is InChI=1S/C12H14N2O3/c1-14(7-12(16)17)11-6-5-8-9(13-11)3-2-4-10(8)15/h5-6H,2-4,7H2,1H3,(H,16,17). The number of aryl methyl sites for hydroxylation is 1. The lowest BCUT2D eigenvalue weighted by Crippen LogP contribution is -2.26. The molecule has 0 aliphatic heterocycles. The minimum absolute atomic E-state index is 0.0975. The smallest absolute Gasteiger partial charge is 0.323 e. The number of Topliss-reactive ketones (excluding diaryl/α,β-unsaturated/α-hetero) is 1. The summed E-state index contributed by atoms with van der Waals surface area (Å²) in [4.78, 5) is 28.1. The topological polar surface area (TPSA) is 70.5 Å². The third kappa shape index (κ3) is 2.43. The molecule has 17 heavy (non-hydrogen) atoms. The molecule has 1 aliphatic carbocycles. The lowest BCUT2D eigenvalue weighted by molar-refractivity contribution is -0.135. The number of fused-ring (bicyclic) bond motifs is 1. The van der Waals surface area contributed by atoms with Crippen molar-refractivity contribution in [3.05, 3.63) is 23.4 Å². The Kier molecular flexibility index (Phi) is 3.08. The highest BCUT2D eigenvalue weighted by atomic mass is 16.4. The largest absolute Gasteiger partial charge is 0.480 e. The van der Waals surface area contributed by atoms with Crippen molar-refractivity contribution in [2.24, 2.45) is 0 Å². The van der Waals surface area contributed by atoms with E-state index >= 15 is 0 Å². The summed E-state index contributed by atoms with van der Waals surface area (Å²) in [5.41, 5.74) is 1.47. The zero-order valence-electron chi connectivity index (χ0n) is 9.64. The second-order valence-corrected chi connectivity index (χ2v) is 4.19. The van der Waals surface area contributed by atoms with Gasteiger partial charge in [0.2, 0.25) is 0 Å². The van der Waals surface area contributed by atoms with Crippen LogP contribution in [0, 0.1) is 0 Å². The molecule has 5 heteroatoms. The summed E-state index contributed by atoms with van der Waals surface area (Å²) in [7, 11) is 1.67. The summed E-state index contributed by atoms with van der Waals surface area (Å²) in [6.07, 6.45) is 2.19. The fourth-order valence-corrected chi connectivity index (χ4v) is 1.98. The maximum Gasteiger partial charge on any atom is 0.323 e. The van der Waals surface area contributed by atoms with Crippen LogP contribution in [0.5, 0.6) is 0 Å². The SMILES string of the molecule is CN(CC(=O)O)c1ccc2c(n1)CCCC2=O. The molecule has 0 spiro atoms. The van der Waals surface area contributed by atoms with Gasteiger partial charge in [0, 0.05) is 19.0 Å². The van der Waals surface area contributed by atoms with E-state index in [1.807, 2.05) is 0 Å². The Labute approximate surface area is 99.1 Å². The normalized spacial score (nSPS) is 14.3. The predicted octanol–water partition coefficient (Wildman–Crippen LogP) is 1.12. The zero-order chi connectivity index (χ0) is 12.4. The fourth-order valence-electron chi connectivity index (χ4n) is 1.98. The van der Waals surface area contributed by atoms with Gasteiger partial charge in [-0.2, -0.15) is 0 Å². The average molecular weight is 234 g/mol. The van der Waals surface area contributed by atoms with Crippen LogP contribution in [0.15, 0.2) is 12.1 Å². The molecule has 0 aromatic carbocycles. The van der Waals surface area contributed by atoms with Gasteiger partial charge in [-0.3, -0.25) is 9.59 Å². The fraction of sp³-hybridized carbons (Fsp3) is 0.417. The minimum atomic E-state index is -0.900. The van der Waals surface area contributed by atoms with E-state index in [-0.39, 0.29) is 12.3 Å². The van der Waals surface area contributed by atoms with Crippen molar-refractivity contribution in [3.63, 3.8) is 0 Å². The van der Waals surface area contributed by atoms with Crippen LogP contribution in [-0.2, 0) is 11.2 Å². The average Bonchev–Trinajstić information content (AvgIpc) is 2.28. The summed E-state index contributed by atoms with van der Waals surface area (Å²) in [5.74, 6) is -0.171. The lowest BCUT2D eigenvalue weighted by atomic mass is 9.95. The van der Waals surface area contributed by atoms with Crippen LogP contribution in [0.25, 0.3) is 0 Å². The van der Waals surface area contributed by atoms with Gasteiger partial charge >= 0.3 is 5.97 Å². The highest BCUT2D eigenvalue weighted by molar-refractivity contribution is 5.98. The summed E-state index contributed by atoms with van der Waals surface area (Å²) >= 11 is 0. The van der Waals surface area contributed by atoms with Gasteiger partial charge in [-0.15, -0.1) is 0 Å². The summed E-state index contributed by atoms with van der Waals surface area (Å²) in [6.45, 7) is -0.0975. The molecule has 1 aromatic rings. The van der Waals surface area contributed by atoms with E-state index in [0.29, 0.717) is 17.8 Å². The summed E-state index contributed by atoms with van der Waals surface area (Å²) in [5, 5.41) is 8.70. The third-order valence-corrected chi connectivity index (χ3v) is 2.84. The molecule has 0 saturated heterocycles. The Hall–Kier alpha value is -1.91. The molecule has 5 nitrogen and oxygen atoms in total. The number of hydrogen-bond donors (Lipinski definition) is 1. The molecular weight excluding hydrogens is 220 g/mol. The molecule has 1 aliphatic rings. The van der Waals surface area contributed by atoms with E-state index in [2.05, 4.69) is 4.98 Å². The lowest BCUT2D eigenvalue weighted by Gasteiger charge is -2.19. The Morgan fingerprint density at radius 2 is 2.24 bits per heavy atom.